The Morgan fingerprint density at radius 1 is 1.40 bits per heavy atom. The maximum atomic E-state index is 12.2. The van der Waals surface area contributed by atoms with Gasteiger partial charge in [0.15, 0.2) is 4.90 Å². The van der Waals surface area contributed by atoms with Gasteiger partial charge in [0.1, 0.15) is 0 Å². The van der Waals surface area contributed by atoms with Crippen LogP contribution in [0.2, 0.25) is 0 Å². The number of nitrogens with zero attached hydrogens (tertiary/aromatic N) is 1. The highest BCUT2D eigenvalue weighted by molar-refractivity contribution is 7.89. The van der Waals surface area contributed by atoms with Crippen LogP contribution >= 0.6 is 12.4 Å². The van der Waals surface area contributed by atoms with Crippen molar-refractivity contribution in [3.63, 3.8) is 0 Å². The molecule has 1 aromatic carbocycles. The van der Waals surface area contributed by atoms with E-state index in [1.54, 1.807) is 0 Å². The van der Waals surface area contributed by atoms with E-state index >= 15 is 0 Å². The van der Waals surface area contributed by atoms with E-state index in [0.717, 1.165) is 12.8 Å². The SMILES string of the molecule is Cl.NCC(NS(=O)(=O)c1ccccc1[N+](=O)[O-])C1CC1. The first kappa shape index (κ1) is 16.8. The van der Waals surface area contributed by atoms with E-state index in [1.165, 1.54) is 24.3 Å². The summed E-state index contributed by atoms with van der Waals surface area (Å²) in [5.41, 5.74) is 5.11. The maximum Gasteiger partial charge on any atom is 0.289 e. The van der Waals surface area contributed by atoms with Crippen molar-refractivity contribution in [1.29, 1.82) is 0 Å². The molecule has 1 aromatic rings. The number of sulfonamides is 1. The highest BCUT2D eigenvalue weighted by Gasteiger charge is 2.35. The molecule has 112 valence electrons. The Kier molecular flexibility index (Phi) is 5.46. The van der Waals surface area contributed by atoms with Gasteiger partial charge < -0.3 is 5.73 Å². The fraction of sp³-hybridized carbons (Fsp3) is 0.455. The van der Waals surface area contributed by atoms with Crippen LogP contribution < -0.4 is 10.5 Å². The molecular weight excluding hydrogens is 306 g/mol. The summed E-state index contributed by atoms with van der Waals surface area (Å²) < 4.78 is 26.8. The zero-order valence-corrected chi connectivity index (χ0v) is 12.2. The van der Waals surface area contributed by atoms with E-state index in [1.807, 2.05) is 0 Å². The lowest BCUT2D eigenvalue weighted by molar-refractivity contribution is -0.387. The van der Waals surface area contributed by atoms with Crippen molar-refractivity contribution in [2.75, 3.05) is 6.54 Å². The van der Waals surface area contributed by atoms with Crippen molar-refractivity contribution in [2.24, 2.45) is 11.7 Å². The van der Waals surface area contributed by atoms with Gasteiger partial charge >= 0.3 is 0 Å². The second-order valence-electron chi connectivity index (χ2n) is 4.53. The number of nitro groups is 1. The van der Waals surface area contributed by atoms with Crippen molar-refractivity contribution < 1.29 is 13.3 Å². The topological polar surface area (TPSA) is 115 Å². The van der Waals surface area contributed by atoms with Crippen molar-refractivity contribution in [3.05, 3.63) is 34.4 Å². The van der Waals surface area contributed by atoms with E-state index in [9.17, 15) is 18.5 Å². The number of nitrogens with two attached hydrogens (primary N) is 1. The van der Waals surface area contributed by atoms with Gasteiger partial charge in [0.05, 0.1) is 4.92 Å². The highest BCUT2D eigenvalue weighted by Crippen LogP contribution is 2.33. The fourth-order valence-electron chi connectivity index (χ4n) is 1.93. The number of hydrogen-bond donors (Lipinski definition) is 2. The van der Waals surface area contributed by atoms with E-state index in [2.05, 4.69) is 4.72 Å². The van der Waals surface area contributed by atoms with Crippen LogP contribution in [0.1, 0.15) is 12.8 Å². The number of nitro benzene ring substituents is 1. The molecule has 3 N–H and O–H groups in total. The highest BCUT2D eigenvalue weighted by atomic mass is 35.5. The molecule has 1 saturated carbocycles. The normalized spacial score (nSPS) is 16.2. The summed E-state index contributed by atoms with van der Waals surface area (Å²) in [4.78, 5) is 9.83. The van der Waals surface area contributed by atoms with Crippen molar-refractivity contribution >= 4 is 28.1 Å². The summed E-state index contributed by atoms with van der Waals surface area (Å²) in [5, 5.41) is 10.9. The number of nitrogens with one attached hydrogen (secondary N) is 1. The molecule has 1 aliphatic carbocycles. The molecule has 1 atom stereocenters. The minimum atomic E-state index is -3.92. The van der Waals surface area contributed by atoms with Crippen LogP contribution in [-0.4, -0.2) is 25.9 Å². The Labute approximate surface area is 123 Å². The average molecular weight is 322 g/mol. The number of rotatable bonds is 6. The first-order valence-electron chi connectivity index (χ1n) is 5.91. The van der Waals surface area contributed by atoms with E-state index in [-0.39, 0.29) is 35.8 Å². The molecule has 0 saturated heterocycles. The Hall–Kier alpha value is -1.22. The largest absolute Gasteiger partial charge is 0.329 e. The predicted octanol–water partition coefficient (Wildman–Crippen LogP) is 1.03. The van der Waals surface area contributed by atoms with Crippen LogP contribution in [-0.2, 0) is 10.0 Å². The van der Waals surface area contributed by atoms with Gasteiger partial charge in [0.25, 0.3) is 5.69 Å². The molecule has 7 nitrogen and oxygen atoms in total. The second kappa shape index (κ2) is 6.49. The third kappa shape index (κ3) is 3.66. The van der Waals surface area contributed by atoms with Gasteiger partial charge in [0, 0.05) is 18.7 Å². The standard InChI is InChI=1S/C11H15N3O4S.ClH/c12-7-9(8-5-6-8)13-19(17,18)11-4-2-1-3-10(11)14(15)16;/h1-4,8-9,13H,5-7,12H2;1H. The summed E-state index contributed by atoms with van der Waals surface area (Å²) in [6.45, 7) is 0.185. The zero-order valence-electron chi connectivity index (χ0n) is 10.6. The predicted molar refractivity (Wildman–Crippen MR) is 76.2 cm³/mol. The van der Waals surface area contributed by atoms with Gasteiger partial charge in [-0.3, -0.25) is 10.1 Å². The van der Waals surface area contributed by atoms with Crippen LogP contribution in [0.3, 0.4) is 0 Å². The Balaban J connectivity index is 0.00000200. The van der Waals surface area contributed by atoms with Crippen LogP contribution in [0, 0.1) is 16.0 Å². The van der Waals surface area contributed by atoms with E-state index in [0.29, 0.717) is 0 Å². The quantitative estimate of drug-likeness (QED) is 0.599. The molecule has 0 radical (unpaired) electrons. The third-order valence-electron chi connectivity index (χ3n) is 3.10. The average Bonchev–Trinajstić information content (AvgIpc) is 3.20. The molecule has 1 unspecified atom stereocenters. The molecule has 2 rings (SSSR count). The monoisotopic (exact) mass is 321 g/mol. The molecular formula is C11H16ClN3O4S. The molecule has 0 aliphatic heterocycles. The second-order valence-corrected chi connectivity index (χ2v) is 6.21. The van der Waals surface area contributed by atoms with Gasteiger partial charge in [-0.2, -0.15) is 0 Å². The van der Waals surface area contributed by atoms with E-state index in [4.69, 9.17) is 5.73 Å². The fourth-order valence-corrected chi connectivity index (χ4v) is 3.42. The third-order valence-corrected chi connectivity index (χ3v) is 4.64. The molecule has 0 amide bonds. The Morgan fingerprint density at radius 2 is 2.00 bits per heavy atom. The lowest BCUT2D eigenvalue weighted by atomic mass is 10.2. The van der Waals surface area contributed by atoms with Gasteiger partial charge in [-0.05, 0) is 24.8 Å². The number of para-hydroxylation sites is 1. The first-order chi connectivity index (χ1) is 8.95. The zero-order chi connectivity index (χ0) is 14.0. The van der Waals surface area contributed by atoms with Crippen LogP contribution in [0.5, 0.6) is 0 Å². The summed E-state index contributed by atoms with van der Waals surface area (Å²) in [7, 11) is -3.92. The Bertz CT molecular complexity index is 589. The van der Waals surface area contributed by atoms with Gasteiger partial charge in [-0.15, -0.1) is 12.4 Å². The smallest absolute Gasteiger partial charge is 0.289 e. The molecule has 0 heterocycles. The van der Waals surface area contributed by atoms with Gasteiger partial charge in [-0.25, -0.2) is 13.1 Å². The lowest BCUT2D eigenvalue weighted by Gasteiger charge is -2.16. The molecule has 0 aromatic heterocycles. The maximum absolute atomic E-state index is 12.2. The van der Waals surface area contributed by atoms with Gasteiger partial charge in [0.2, 0.25) is 10.0 Å². The first-order valence-corrected chi connectivity index (χ1v) is 7.40. The summed E-state index contributed by atoms with van der Waals surface area (Å²) in [6.07, 6.45) is 1.86. The molecule has 9 heteroatoms. The molecule has 0 bridgehead atoms. The van der Waals surface area contributed by atoms with Crippen LogP contribution in [0.4, 0.5) is 5.69 Å². The van der Waals surface area contributed by atoms with Crippen LogP contribution in [0.25, 0.3) is 0 Å². The molecule has 1 fully saturated rings. The minimum absolute atomic E-state index is 0. The van der Waals surface area contributed by atoms with Gasteiger partial charge in [-0.1, -0.05) is 12.1 Å². The molecule has 0 spiro atoms. The minimum Gasteiger partial charge on any atom is -0.329 e. The molecule has 1 aliphatic rings. The van der Waals surface area contributed by atoms with E-state index < -0.39 is 20.6 Å². The Morgan fingerprint density at radius 3 is 2.50 bits per heavy atom. The summed E-state index contributed by atoms with van der Waals surface area (Å²) in [6, 6.07) is 4.92. The number of hydrogen-bond acceptors (Lipinski definition) is 5. The molecule has 20 heavy (non-hydrogen) atoms. The number of benzene rings is 1. The lowest BCUT2D eigenvalue weighted by Crippen LogP contribution is -2.41. The van der Waals surface area contributed by atoms with Crippen molar-refractivity contribution in [1.82, 2.24) is 4.72 Å². The van der Waals surface area contributed by atoms with Crippen molar-refractivity contribution in [2.45, 2.75) is 23.8 Å². The van der Waals surface area contributed by atoms with Crippen LogP contribution in [0.15, 0.2) is 29.2 Å². The van der Waals surface area contributed by atoms with Crippen molar-refractivity contribution in [3.8, 4) is 0 Å². The summed E-state index contributed by atoms with van der Waals surface area (Å²) in [5.74, 6) is 0.238. The number of halogens is 1. The summed E-state index contributed by atoms with van der Waals surface area (Å²) >= 11 is 0.